The van der Waals surface area contributed by atoms with Crippen molar-refractivity contribution >= 4 is 35.5 Å². The topological polar surface area (TPSA) is 150 Å². The number of nitrogens with zero attached hydrogens (tertiary/aromatic N) is 5. The van der Waals surface area contributed by atoms with Gasteiger partial charge in [0.15, 0.2) is 6.29 Å². The minimum Gasteiger partial charge on any atom is -0.383 e. The molecule has 194 valence electrons. The number of hydrogen-bond acceptors (Lipinski definition) is 9. The van der Waals surface area contributed by atoms with Gasteiger partial charge in [0.05, 0.1) is 17.9 Å². The van der Waals surface area contributed by atoms with E-state index in [0.717, 1.165) is 5.56 Å². The molecule has 1 fully saturated rings. The number of aldehydes is 1. The molecule has 12 nitrogen and oxygen atoms in total. The van der Waals surface area contributed by atoms with Crippen molar-refractivity contribution in [1.82, 2.24) is 14.9 Å². The highest BCUT2D eigenvalue weighted by atomic mass is 16.5. The third kappa shape index (κ3) is 5.68. The van der Waals surface area contributed by atoms with Crippen LogP contribution in [0, 0.1) is 11.3 Å². The first kappa shape index (κ1) is 26.0. The second-order valence-electron chi connectivity index (χ2n) is 8.74. The highest BCUT2D eigenvalue weighted by molar-refractivity contribution is 6.02. The lowest BCUT2D eigenvalue weighted by molar-refractivity contribution is -0.136. The Labute approximate surface area is 214 Å². The minimum absolute atomic E-state index is 0.107. The predicted octanol–water partition coefficient (Wildman–Crippen LogP) is 1.95. The van der Waals surface area contributed by atoms with Crippen LogP contribution in [0.1, 0.15) is 40.0 Å². The molecule has 2 N–H and O–H groups in total. The number of urea groups is 1. The van der Waals surface area contributed by atoms with E-state index in [4.69, 9.17) is 9.47 Å². The lowest BCUT2D eigenvalue weighted by atomic mass is 10.0. The molecule has 3 amide bonds. The Balaban J connectivity index is 1.53. The summed E-state index contributed by atoms with van der Waals surface area (Å²) in [7, 11) is 3.09. The summed E-state index contributed by atoms with van der Waals surface area (Å²) in [6, 6.07) is 5.07. The largest absolute Gasteiger partial charge is 0.383 e. The molecule has 4 rings (SSSR count). The molecular weight excluding hydrogens is 478 g/mol. The Morgan fingerprint density at radius 1 is 1.32 bits per heavy atom. The molecule has 2 aromatic heterocycles. The van der Waals surface area contributed by atoms with E-state index in [0.29, 0.717) is 74.4 Å². The molecule has 1 saturated heterocycles. The number of pyridine rings is 2. The zero-order chi connectivity index (χ0) is 26.4. The van der Waals surface area contributed by atoms with Gasteiger partial charge in [-0.3, -0.25) is 19.8 Å². The van der Waals surface area contributed by atoms with Crippen molar-refractivity contribution in [1.29, 1.82) is 5.26 Å². The summed E-state index contributed by atoms with van der Waals surface area (Å²) in [5.41, 5.74) is 2.53. The Morgan fingerprint density at radius 2 is 2.16 bits per heavy atom. The molecule has 0 bridgehead atoms. The molecule has 0 radical (unpaired) electrons. The number of nitrogens with one attached hydrogen (secondary N) is 2. The number of methoxy groups -OCH3 is 2. The first-order chi connectivity index (χ1) is 18.0. The summed E-state index contributed by atoms with van der Waals surface area (Å²) in [6.07, 6.45) is 3.57. The monoisotopic (exact) mass is 507 g/mol. The van der Waals surface area contributed by atoms with Crippen molar-refractivity contribution in [3.8, 4) is 6.07 Å². The molecule has 2 aliphatic heterocycles. The fourth-order valence-electron chi connectivity index (χ4n) is 4.50. The van der Waals surface area contributed by atoms with Crippen LogP contribution in [-0.2, 0) is 27.2 Å². The number of carbonyl (C=O) groups excluding carboxylic acids is 3. The van der Waals surface area contributed by atoms with Crippen LogP contribution in [0.4, 0.5) is 22.1 Å². The molecule has 0 saturated carbocycles. The van der Waals surface area contributed by atoms with E-state index in [1.807, 2.05) is 6.07 Å². The van der Waals surface area contributed by atoms with Crippen LogP contribution in [0.25, 0.3) is 0 Å². The number of aromatic nitrogens is 2. The van der Waals surface area contributed by atoms with Crippen molar-refractivity contribution < 1.29 is 23.9 Å². The summed E-state index contributed by atoms with van der Waals surface area (Å²) in [4.78, 5) is 49.4. The van der Waals surface area contributed by atoms with Gasteiger partial charge in [0.25, 0.3) is 5.91 Å². The number of rotatable bonds is 9. The number of carbonyl (C=O) groups is 3. The number of hydrogen-bond donors (Lipinski definition) is 2. The molecule has 4 heterocycles. The van der Waals surface area contributed by atoms with Crippen LogP contribution in [0.2, 0.25) is 0 Å². The van der Waals surface area contributed by atoms with E-state index in [9.17, 15) is 19.6 Å². The zero-order valence-electron chi connectivity index (χ0n) is 20.8. The highest BCUT2D eigenvalue weighted by Gasteiger charge is 2.33. The van der Waals surface area contributed by atoms with Crippen LogP contribution in [0.3, 0.4) is 0 Å². The van der Waals surface area contributed by atoms with E-state index in [1.54, 1.807) is 18.1 Å². The standard InChI is InChI=1S/C25H29N7O5/c1-36-9-6-27-19-11-22(28-13-18(19)12-26)30-25(35)32-7-3-4-16-10-17(20(15-33)29-23(16)32)14-31-8-5-21(37-2)24(31)34/h10-11,13,15,21H,3-9,14H2,1-2H3,(H2,27,28,30,35). The van der Waals surface area contributed by atoms with Crippen LogP contribution < -0.4 is 15.5 Å². The third-order valence-corrected chi connectivity index (χ3v) is 6.41. The van der Waals surface area contributed by atoms with Crippen molar-refractivity contribution in [2.75, 3.05) is 56.0 Å². The fourth-order valence-corrected chi connectivity index (χ4v) is 4.50. The number of amides is 3. The van der Waals surface area contributed by atoms with Crippen molar-refractivity contribution in [2.45, 2.75) is 31.9 Å². The molecular formula is C25H29N7O5. The summed E-state index contributed by atoms with van der Waals surface area (Å²) < 4.78 is 10.2. The third-order valence-electron chi connectivity index (χ3n) is 6.41. The van der Waals surface area contributed by atoms with Crippen LogP contribution in [-0.4, -0.2) is 79.7 Å². The van der Waals surface area contributed by atoms with E-state index in [2.05, 4.69) is 26.7 Å². The van der Waals surface area contributed by atoms with Gasteiger partial charge in [0.1, 0.15) is 29.5 Å². The molecule has 12 heteroatoms. The average Bonchev–Trinajstić information content (AvgIpc) is 3.26. The van der Waals surface area contributed by atoms with Gasteiger partial charge in [-0.05, 0) is 24.5 Å². The molecule has 2 aromatic rings. The number of ether oxygens (including phenoxy) is 2. The second kappa shape index (κ2) is 11.8. The van der Waals surface area contributed by atoms with Gasteiger partial charge in [0.2, 0.25) is 0 Å². The summed E-state index contributed by atoms with van der Waals surface area (Å²) in [5.74, 6) is 0.566. The summed E-state index contributed by atoms with van der Waals surface area (Å²) >= 11 is 0. The molecule has 0 spiro atoms. The van der Waals surface area contributed by atoms with Crippen LogP contribution in [0.5, 0.6) is 0 Å². The SMILES string of the molecule is COCCNc1cc(NC(=O)N2CCCc3cc(CN4CCC(OC)C4=O)c(C=O)nc32)ncc1C#N. The summed E-state index contributed by atoms with van der Waals surface area (Å²) in [5, 5.41) is 15.2. The Kier molecular flexibility index (Phi) is 8.27. The maximum Gasteiger partial charge on any atom is 0.328 e. The number of nitriles is 1. The first-order valence-corrected chi connectivity index (χ1v) is 12.0. The van der Waals surface area contributed by atoms with Gasteiger partial charge < -0.3 is 19.7 Å². The smallest absolute Gasteiger partial charge is 0.328 e. The van der Waals surface area contributed by atoms with E-state index in [-0.39, 0.29) is 24.0 Å². The van der Waals surface area contributed by atoms with Gasteiger partial charge in [0, 0.05) is 64.6 Å². The molecule has 2 aliphatic rings. The highest BCUT2D eigenvalue weighted by Crippen LogP contribution is 2.29. The molecule has 0 aliphatic carbocycles. The Hall–Kier alpha value is -4.08. The van der Waals surface area contributed by atoms with E-state index >= 15 is 0 Å². The number of likely N-dealkylation sites (tertiary alicyclic amines) is 1. The van der Waals surface area contributed by atoms with Crippen molar-refractivity contribution in [2.24, 2.45) is 0 Å². The lowest BCUT2D eigenvalue weighted by Crippen LogP contribution is -2.40. The van der Waals surface area contributed by atoms with Gasteiger partial charge >= 0.3 is 6.03 Å². The Morgan fingerprint density at radius 3 is 2.86 bits per heavy atom. The molecule has 1 atom stereocenters. The van der Waals surface area contributed by atoms with Crippen LogP contribution in [0.15, 0.2) is 18.3 Å². The quantitative estimate of drug-likeness (QED) is 0.383. The second-order valence-corrected chi connectivity index (χ2v) is 8.74. The van der Waals surface area contributed by atoms with E-state index in [1.165, 1.54) is 18.2 Å². The molecule has 0 aromatic carbocycles. The van der Waals surface area contributed by atoms with Gasteiger partial charge in [-0.1, -0.05) is 0 Å². The molecule has 37 heavy (non-hydrogen) atoms. The normalized spacial score (nSPS) is 16.8. The fraction of sp³-hybridized carbons (Fsp3) is 0.440. The Bertz CT molecular complexity index is 1230. The zero-order valence-corrected chi connectivity index (χ0v) is 20.8. The summed E-state index contributed by atoms with van der Waals surface area (Å²) in [6.45, 7) is 2.15. The lowest BCUT2D eigenvalue weighted by Gasteiger charge is -2.29. The van der Waals surface area contributed by atoms with Gasteiger partial charge in [-0.2, -0.15) is 5.26 Å². The molecule has 1 unspecified atom stereocenters. The van der Waals surface area contributed by atoms with Gasteiger partial charge in [-0.15, -0.1) is 0 Å². The van der Waals surface area contributed by atoms with Crippen molar-refractivity contribution in [3.63, 3.8) is 0 Å². The van der Waals surface area contributed by atoms with Gasteiger partial charge in [-0.25, -0.2) is 14.8 Å². The minimum atomic E-state index is -0.462. The number of anilines is 3. The predicted molar refractivity (Wildman–Crippen MR) is 134 cm³/mol. The van der Waals surface area contributed by atoms with E-state index < -0.39 is 12.1 Å². The van der Waals surface area contributed by atoms with Crippen molar-refractivity contribution in [3.05, 3.63) is 40.7 Å². The maximum absolute atomic E-state index is 13.2. The number of aryl methyl sites for hydroxylation is 1. The average molecular weight is 508 g/mol. The number of fused-ring (bicyclic) bond motifs is 1. The first-order valence-electron chi connectivity index (χ1n) is 12.0. The van der Waals surface area contributed by atoms with Crippen LogP contribution >= 0.6 is 0 Å². The maximum atomic E-state index is 13.2.